The molecule has 0 bridgehead atoms. The first-order chi connectivity index (χ1) is 9.65. The molecule has 7 nitrogen and oxygen atoms in total. The van der Waals surface area contributed by atoms with E-state index in [0.717, 1.165) is 25.7 Å². The molecule has 0 radical (unpaired) electrons. The number of nitrogens with one attached hydrogen (secondary N) is 1. The van der Waals surface area contributed by atoms with Gasteiger partial charge in [0, 0.05) is 12.1 Å². The van der Waals surface area contributed by atoms with Crippen molar-refractivity contribution in [3.63, 3.8) is 0 Å². The minimum atomic E-state index is -0.417. The van der Waals surface area contributed by atoms with Gasteiger partial charge in [-0.3, -0.25) is 0 Å². The Hall–Kier alpha value is -2.15. The van der Waals surface area contributed by atoms with E-state index in [1.54, 1.807) is 24.4 Å². The monoisotopic (exact) mass is 276 g/mol. The Balaban J connectivity index is 1.90. The number of hydrogen-bond donors (Lipinski definition) is 2. The van der Waals surface area contributed by atoms with Crippen LogP contribution in [0, 0.1) is 10.1 Å². The minimum Gasteiger partial charge on any atom is -0.393 e. The van der Waals surface area contributed by atoms with Gasteiger partial charge in [-0.05, 0) is 36.7 Å². The van der Waals surface area contributed by atoms with Crippen molar-refractivity contribution < 1.29 is 10.0 Å². The molecule has 0 aromatic carbocycles. The Morgan fingerprint density at radius 3 is 2.80 bits per heavy atom. The summed E-state index contributed by atoms with van der Waals surface area (Å²) in [6, 6.07) is 5.40. The zero-order chi connectivity index (χ0) is 14.1. The summed E-state index contributed by atoms with van der Waals surface area (Å²) in [6.07, 6.45) is 4.43. The molecule has 3 rings (SSSR count). The maximum atomic E-state index is 11.3. The lowest BCUT2D eigenvalue weighted by molar-refractivity contribution is -0.389. The van der Waals surface area contributed by atoms with Crippen molar-refractivity contribution in [3.05, 3.63) is 34.5 Å². The average molecular weight is 276 g/mol. The Labute approximate surface area is 115 Å². The van der Waals surface area contributed by atoms with E-state index in [1.807, 2.05) is 0 Å². The number of nitrogens with zero attached hydrogens (tertiary/aromatic N) is 3. The van der Waals surface area contributed by atoms with Crippen LogP contribution in [0.5, 0.6) is 0 Å². The van der Waals surface area contributed by atoms with Gasteiger partial charge in [-0.1, -0.05) is 6.07 Å². The van der Waals surface area contributed by atoms with Gasteiger partial charge in [0.1, 0.15) is 0 Å². The average Bonchev–Trinajstić information content (AvgIpc) is 2.79. The van der Waals surface area contributed by atoms with Crippen molar-refractivity contribution >= 4 is 17.3 Å². The predicted octanol–water partition coefficient (Wildman–Crippen LogP) is 1.96. The normalized spacial score (nSPS) is 22.9. The van der Waals surface area contributed by atoms with E-state index in [-0.39, 0.29) is 18.0 Å². The second-order valence-corrected chi connectivity index (χ2v) is 5.12. The van der Waals surface area contributed by atoms with E-state index in [0.29, 0.717) is 11.5 Å². The molecule has 1 aliphatic carbocycles. The zero-order valence-corrected chi connectivity index (χ0v) is 10.9. The summed E-state index contributed by atoms with van der Waals surface area (Å²) < 4.78 is 1.47. The van der Waals surface area contributed by atoms with Crippen LogP contribution in [0.2, 0.25) is 0 Å². The number of imidazole rings is 1. The Morgan fingerprint density at radius 1 is 1.35 bits per heavy atom. The smallest absolute Gasteiger partial charge is 0.372 e. The lowest BCUT2D eigenvalue weighted by Crippen LogP contribution is -2.28. The summed E-state index contributed by atoms with van der Waals surface area (Å²) in [6.45, 7) is 0. The van der Waals surface area contributed by atoms with Crippen LogP contribution >= 0.6 is 0 Å². The SMILES string of the molecule is O=[N+]([O-])c1c(NC2CCC(O)CC2)nc2ccccn12. The van der Waals surface area contributed by atoms with E-state index in [9.17, 15) is 15.2 Å². The van der Waals surface area contributed by atoms with Gasteiger partial charge >= 0.3 is 5.82 Å². The summed E-state index contributed by atoms with van der Waals surface area (Å²) >= 11 is 0. The number of rotatable bonds is 3. The predicted molar refractivity (Wildman–Crippen MR) is 73.7 cm³/mol. The molecule has 0 amide bonds. The van der Waals surface area contributed by atoms with E-state index in [4.69, 9.17) is 0 Å². The molecule has 2 aromatic heterocycles. The lowest BCUT2D eigenvalue weighted by Gasteiger charge is -2.25. The molecule has 2 heterocycles. The van der Waals surface area contributed by atoms with Crippen LogP contribution in [0.3, 0.4) is 0 Å². The number of nitro groups is 1. The molecule has 2 aromatic rings. The molecule has 0 unspecified atom stereocenters. The summed E-state index contributed by atoms with van der Waals surface area (Å²) in [7, 11) is 0. The van der Waals surface area contributed by atoms with Gasteiger partial charge in [0.05, 0.1) is 12.3 Å². The van der Waals surface area contributed by atoms with Gasteiger partial charge in [-0.2, -0.15) is 9.38 Å². The third-order valence-corrected chi connectivity index (χ3v) is 3.72. The Morgan fingerprint density at radius 2 is 2.10 bits per heavy atom. The number of fused-ring (bicyclic) bond motifs is 1. The summed E-state index contributed by atoms with van der Waals surface area (Å²) in [5.41, 5.74) is 0.553. The van der Waals surface area contributed by atoms with E-state index >= 15 is 0 Å². The van der Waals surface area contributed by atoms with Gasteiger partial charge in [-0.25, -0.2) is 0 Å². The maximum absolute atomic E-state index is 11.3. The highest BCUT2D eigenvalue weighted by Crippen LogP contribution is 2.28. The third kappa shape index (κ3) is 2.32. The number of pyridine rings is 1. The number of hydrogen-bond acceptors (Lipinski definition) is 5. The third-order valence-electron chi connectivity index (χ3n) is 3.72. The highest BCUT2D eigenvalue weighted by Gasteiger charge is 2.26. The molecule has 1 saturated carbocycles. The minimum absolute atomic E-state index is 0.0354. The summed E-state index contributed by atoms with van der Waals surface area (Å²) in [4.78, 5) is 15.1. The molecular formula is C13H16N4O3. The van der Waals surface area contributed by atoms with Crippen LogP contribution in [-0.2, 0) is 0 Å². The quantitative estimate of drug-likeness (QED) is 0.660. The molecule has 20 heavy (non-hydrogen) atoms. The summed E-state index contributed by atoms with van der Waals surface area (Å²) in [5.74, 6) is 0.273. The highest BCUT2D eigenvalue weighted by molar-refractivity contribution is 5.62. The fraction of sp³-hybridized carbons (Fsp3) is 0.462. The molecule has 1 fully saturated rings. The first-order valence-corrected chi connectivity index (χ1v) is 6.71. The number of aromatic nitrogens is 2. The highest BCUT2D eigenvalue weighted by atomic mass is 16.6. The van der Waals surface area contributed by atoms with Crippen LogP contribution in [0.1, 0.15) is 25.7 Å². The standard InChI is InChI=1S/C13H16N4O3/c18-10-6-4-9(5-7-10)14-12-13(17(19)20)16-8-2-1-3-11(16)15-12/h1-3,8-10,14,18H,4-7H2. The van der Waals surface area contributed by atoms with Crippen molar-refractivity contribution in [2.75, 3.05) is 5.32 Å². The van der Waals surface area contributed by atoms with Gasteiger partial charge in [0.25, 0.3) is 0 Å². The van der Waals surface area contributed by atoms with Gasteiger partial charge < -0.3 is 20.5 Å². The van der Waals surface area contributed by atoms with E-state index in [2.05, 4.69) is 10.3 Å². The molecular weight excluding hydrogens is 260 g/mol. The molecule has 0 atom stereocenters. The van der Waals surface area contributed by atoms with Crippen LogP contribution in [0.15, 0.2) is 24.4 Å². The Bertz CT molecular complexity index is 632. The van der Waals surface area contributed by atoms with Crippen molar-refractivity contribution in [1.29, 1.82) is 0 Å². The maximum Gasteiger partial charge on any atom is 0.372 e. The molecule has 0 saturated heterocycles. The second kappa shape index (κ2) is 5.09. The van der Waals surface area contributed by atoms with Gasteiger partial charge in [0.2, 0.25) is 11.5 Å². The Kier molecular flexibility index (Phi) is 3.27. The van der Waals surface area contributed by atoms with E-state index < -0.39 is 4.92 Å². The van der Waals surface area contributed by atoms with Crippen molar-refractivity contribution in [1.82, 2.24) is 9.38 Å². The fourth-order valence-electron chi connectivity index (χ4n) is 2.67. The van der Waals surface area contributed by atoms with Gasteiger partial charge in [-0.15, -0.1) is 0 Å². The first kappa shape index (κ1) is 12.9. The zero-order valence-electron chi connectivity index (χ0n) is 10.9. The molecule has 0 aliphatic heterocycles. The second-order valence-electron chi connectivity index (χ2n) is 5.12. The topological polar surface area (TPSA) is 92.7 Å². The molecule has 2 N–H and O–H groups in total. The molecule has 1 aliphatic rings. The first-order valence-electron chi connectivity index (χ1n) is 6.71. The number of aliphatic hydroxyl groups is 1. The lowest BCUT2D eigenvalue weighted by atomic mass is 9.93. The fourth-order valence-corrected chi connectivity index (χ4v) is 2.67. The molecule has 106 valence electrons. The molecule has 7 heteroatoms. The van der Waals surface area contributed by atoms with Crippen molar-refractivity contribution in [2.45, 2.75) is 37.8 Å². The van der Waals surface area contributed by atoms with Crippen LogP contribution in [-0.4, -0.2) is 31.6 Å². The largest absolute Gasteiger partial charge is 0.393 e. The molecule has 0 spiro atoms. The van der Waals surface area contributed by atoms with Crippen LogP contribution < -0.4 is 5.32 Å². The van der Waals surface area contributed by atoms with Crippen LogP contribution in [0.25, 0.3) is 5.65 Å². The number of aliphatic hydroxyl groups excluding tert-OH is 1. The van der Waals surface area contributed by atoms with Gasteiger partial charge in [0.15, 0.2) is 0 Å². The van der Waals surface area contributed by atoms with E-state index in [1.165, 1.54) is 4.40 Å². The van der Waals surface area contributed by atoms with Crippen molar-refractivity contribution in [3.8, 4) is 0 Å². The van der Waals surface area contributed by atoms with Crippen LogP contribution in [0.4, 0.5) is 11.6 Å². The number of anilines is 1. The summed E-state index contributed by atoms with van der Waals surface area (Å²) in [5, 5.41) is 23.9. The van der Waals surface area contributed by atoms with Crippen molar-refractivity contribution in [2.24, 2.45) is 0 Å².